The van der Waals surface area contributed by atoms with Crippen LogP contribution < -0.4 is 5.32 Å². The highest BCUT2D eigenvalue weighted by Crippen LogP contribution is 2.15. The molecule has 82 valence electrons. The van der Waals surface area contributed by atoms with Crippen molar-refractivity contribution in [1.29, 1.82) is 0 Å². The van der Waals surface area contributed by atoms with E-state index in [1.54, 1.807) is 12.1 Å². The molecular weight excluding hydrogens is 281 g/mol. The van der Waals surface area contributed by atoms with Crippen LogP contribution in [0.25, 0.3) is 0 Å². The second-order valence-corrected chi connectivity index (χ2v) is 4.35. The van der Waals surface area contributed by atoms with Crippen LogP contribution in [0.1, 0.15) is 12.0 Å². The van der Waals surface area contributed by atoms with Gasteiger partial charge in [-0.1, -0.05) is 15.9 Å². The van der Waals surface area contributed by atoms with E-state index in [-0.39, 0.29) is 18.3 Å². The van der Waals surface area contributed by atoms with Crippen LogP contribution in [0.2, 0.25) is 0 Å². The van der Waals surface area contributed by atoms with Crippen LogP contribution >= 0.6 is 28.6 Å². The second-order valence-electron chi connectivity index (χ2n) is 2.99. The molecule has 2 nitrogen and oxygen atoms in total. The predicted molar refractivity (Wildman–Crippen MR) is 64.4 cm³/mol. The number of carbonyl (C=O) groups is 1. The number of carbonyl (C=O) groups excluding carboxylic acids is 1. The lowest BCUT2D eigenvalue weighted by Crippen LogP contribution is -2.23. The zero-order valence-corrected chi connectivity index (χ0v) is 10.4. The molecule has 1 amide bonds. The average molecular weight is 292 g/mol. The van der Waals surface area contributed by atoms with E-state index >= 15 is 0 Å². The maximum Gasteiger partial charge on any atom is 0.221 e. The maximum atomic E-state index is 13.2. The minimum atomic E-state index is -0.315. The Kier molecular flexibility index (Phi) is 5.11. The molecule has 0 heterocycles. The van der Waals surface area contributed by atoms with Crippen molar-refractivity contribution in [2.45, 2.75) is 13.0 Å². The molecule has 0 bridgehead atoms. The number of hydrogen-bond acceptors (Lipinski definition) is 2. The summed E-state index contributed by atoms with van der Waals surface area (Å²) < 4.78 is 14.0. The number of benzene rings is 1. The van der Waals surface area contributed by atoms with Gasteiger partial charge in [-0.15, -0.1) is 0 Å². The van der Waals surface area contributed by atoms with Crippen LogP contribution in [0.15, 0.2) is 22.7 Å². The molecular formula is C10H11BrFNOS. The molecule has 0 aromatic heterocycles. The highest BCUT2D eigenvalue weighted by molar-refractivity contribution is 9.10. The third kappa shape index (κ3) is 4.22. The Labute approximate surface area is 102 Å². The largest absolute Gasteiger partial charge is 0.352 e. The van der Waals surface area contributed by atoms with E-state index in [1.807, 2.05) is 0 Å². The molecule has 1 aromatic rings. The Morgan fingerprint density at radius 1 is 1.53 bits per heavy atom. The second kappa shape index (κ2) is 6.12. The standard InChI is InChI=1S/C10H11BrFNOS/c11-8-1-2-9(12)7(5-8)6-13-10(14)3-4-15/h1-2,5,15H,3-4,6H2,(H,13,14). The minimum Gasteiger partial charge on any atom is -0.352 e. The fourth-order valence-corrected chi connectivity index (χ4v) is 1.67. The molecule has 0 fully saturated rings. The first kappa shape index (κ1) is 12.5. The molecule has 0 aliphatic carbocycles. The molecule has 0 unspecified atom stereocenters. The Morgan fingerprint density at radius 2 is 2.27 bits per heavy atom. The molecule has 0 spiro atoms. The summed E-state index contributed by atoms with van der Waals surface area (Å²) in [5.41, 5.74) is 0.469. The number of rotatable bonds is 4. The van der Waals surface area contributed by atoms with Crippen molar-refractivity contribution in [3.8, 4) is 0 Å². The summed E-state index contributed by atoms with van der Waals surface area (Å²) in [5.74, 6) is 0.0565. The highest BCUT2D eigenvalue weighted by Gasteiger charge is 2.04. The van der Waals surface area contributed by atoms with E-state index in [0.29, 0.717) is 17.7 Å². The van der Waals surface area contributed by atoms with E-state index < -0.39 is 0 Å². The Morgan fingerprint density at radius 3 is 2.93 bits per heavy atom. The number of halogens is 2. The molecule has 1 aromatic carbocycles. The summed E-state index contributed by atoms with van der Waals surface area (Å²) in [6.07, 6.45) is 0.346. The van der Waals surface area contributed by atoms with Crippen molar-refractivity contribution in [3.63, 3.8) is 0 Å². The van der Waals surface area contributed by atoms with E-state index in [4.69, 9.17) is 0 Å². The molecule has 1 rings (SSSR count). The van der Waals surface area contributed by atoms with Crippen molar-refractivity contribution >= 4 is 34.5 Å². The van der Waals surface area contributed by atoms with Gasteiger partial charge in [-0.3, -0.25) is 4.79 Å². The van der Waals surface area contributed by atoms with Crippen molar-refractivity contribution < 1.29 is 9.18 Å². The number of amides is 1. The van der Waals surface area contributed by atoms with Crippen LogP contribution in [-0.4, -0.2) is 11.7 Å². The van der Waals surface area contributed by atoms with Gasteiger partial charge in [0, 0.05) is 23.0 Å². The molecule has 0 aliphatic rings. The van der Waals surface area contributed by atoms with Gasteiger partial charge in [-0.2, -0.15) is 12.6 Å². The zero-order valence-electron chi connectivity index (χ0n) is 7.96. The normalized spacial score (nSPS) is 10.1. The third-order valence-corrected chi connectivity index (χ3v) is 2.54. The van der Waals surface area contributed by atoms with Crippen molar-refractivity contribution in [1.82, 2.24) is 5.32 Å². The van der Waals surface area contributed by atoms with E-state index in [2.05, 4.69) is 33.9 Å². The van der Waals surface area contributed by atoms with Crippen molar-refractivity contribution in [3.05, 3.63) is 34.1 Å². The van der Waals surface area contributed by atoms with Gasteiger partial charge in [0.15, 0.2) is 0 Å². The molecule has 0 saturated carbocycles. The summed E-state index contributed by atoms with van der Waals surface area (Å²) in [4.78, 5) is 11.1. The van der Waals surface area contributed by atoms with E-state index in [1.165, 1.54) is 6.07 Å². The SMILES string of the molecule is O=C(CCS)NCc1cc(Br)ccc1F. The van der Waals surface area contributed by atoms with Crippen LogP contribution in [0, 0.1) is 5.82 Å². The highest BCUT2D eigenvalue weighted by atomic mass is 79.9. The van der Waals surface area contributed by atoms with Gasteiger partial charge < -0.3 is 5.32 Å². The molecule has 0 saturated heterocycles. The van der Waals surface area contributed by atoms with Gasteiger partial charge in [0.05, 0.1) is 0 Å². The third-order valence-electron chi connectivity index (χ3n) is 1.82. The van der Waals surface area contributed by atoms with Crippen molar-refractivity contribution in [2.24, 2.45) is 0 Å². The lowest BCUT2D eigenvalue weighted by molar-refractivity contribution is -0.120. The molecule has 0 aliphatic heterocycles. The summed E-state index contributed by atoms with van der Waals surface area (Å²) in [7, 11) is 0. The Hall–Kier alpha value is -0.550. The molecule has 0 radical (unpaired) electrons. The maximum absolute atomic E-state index is 13.2. The number of thiol groups is 1. The summed E-state index contributed by atoms with van der Waals surface area (Å²) in [6, 6.07) is 4.63. The van der Waals surface area contributed by atoms with Crippen LogP contribution in [-0.2, 0) is 11.3 Å². The molecule has 15 heavy (non-hydrogen) atoms. The molecule has 0 atom stereocenters. The summed E-state index contributed by atoms with van der Waals surface area (Å²) in [5, 5.41) is 2.62. The number of nitrogens with one attached hydrogen (secondary N) is 1. The fourth-order valence-electron chi connectivity index (χ4n) is 1.06. The summed E-state index contributed by atoms with van der Waals surface area (Å²) >= 11 is 7.18. The van der Waals surface area contributed by atoms with Crippen LogP contribution in [0.4, 0.5) is 4.39 Å². The fraction of sp³-hybridized carbons (Fsp3) is 0.300. The smallest absolute Gasteiger partial charge is 0.221 e. The lowest BCUT2D eigenvalue weighted by Gasteiger charge is -2.05. The van der Waals surface area contributed by atoms with Gasteiger partial charge in [0.1, 0.15) is 5.82 Å². The molecule has 5 heteroatoms. The first-order valence-corrected chi connectivity index (χ1v) is 5.87. The first-order valence-electron chi connectivity index (χ1n) is 4.45. The van der Waals surface area contributed by atoms with Crippen molar-refractivity contribution in [2.75, 3.05) is 5.75 Å². The average Bonchev–Trinajstić information content (AvgIpc) is 2.20. The number of hydrogen-bond donors (Lipinski definition) is 2. The van der Waals surface area contributed by atoms with Gasteiger partial charge in [0.2, 0.25) is 5.91 Å². The predicted octanol–water partition coefficient (Wildman–Crippen LogP) is 2.52. The minimum absolute atomic E-state index is 0.121. The summed E-state index contributed by atoms with van der Waals surface area (Å²) in [6.45, 7) is 0.206. The quantitative estimate of drug-likeness (QED) is 0.820. The monoisotopic (exact) mass is 291 g/mol. The van der Waals surface area contributed by atoms with Gasteiger partial charge >= 0.3 is 0 Å². The van der Waals surface area contributed by atoms with Crippen LogP contribution in [0.5, 0.6) is 0 Å². The van der Waals surface area contributed by atoms with Gasteiger partial charge in [0.25, 0.3) is 0 Å². The Bertz CT molecular complexity index is 359. The molecule has 1 N–H and O–H groups in total. The van der Waals surface area contributed by atoms with E-state index in [9.17, 15) is 9.18 Å². The van der Waals surface area contributed by atoms with Gasteiger partial charge in [-0.05, 0) is 24.0 Å². The topological polar surface area (TPSA) is 29.1 Å². The zero-order chi connectivity index (χ0) is 11.3. The van der Waals surface area contributed by atoms with Crippen LogP contribution in [0.3, 0.4) is 0 Å². The van der Waals surface area contributed by atoms with Gasteiger partial charge in [-0.25, -0.2) is 4.39 Å². The first-order chi connectivity index (χ1) is 7.13. The Balaban J connectivity index is 2.57. The lowest BCUT2D eigenvalue weighted by atomic mass is 10.2. The van der Waals surface area contributed by atoms with E-state index in [0.717, 1.165) is 4.47 Å².